The van der Waals surface area contributed by atoms with Crippen molar-refractivity contribution in [1.82, 2.24) is 4.72 Å². The lowest BCUT2D eigenvalue weighted by Gasteiger charge is -2.38. The number of amides is 1. The zero-order valence-corrected chi connectivity index (χ0v) is 23.7. The number of rotatable bonds is 11. The van der Waals surface area contributed by atoms with Crippen LogP contribution in [0.25, 0.3) is 0 Å². The monoisotopic (exact) mass is 550 g/mol. The van der Waals surface area contributed by atoms with Crippen LogP contribution in [0, 0.1) is 0 Å². The van der Waals surface area contributed by atoms with Crippen molar-refractivity contribution in [2.75, 3.05) is 48.4 Å². The quantitative estimate of drug-likeness (QED) is 0.342. The third-order valence-electron chi connectivity index (χ3n) is 6.97. The lowest BCUT2D eigenvalue weighted by atomic mass is 10.1. The van der Waals surface area contributed by atoms with Gasteiger partial charge in [0.25, 0.3) is 0 Å². The predicted octanol–water partition coefficient (Wildman–Crippen LogP) is 5.19. The average Bonchev–Trinajstić information content (AvgIpc) is 2.96. The average molecular weight is 551 g/mol. The Labute approximate surface area is 232 Å². The number of anilines is 3. The minimum Gasteiger partial charge on any atom is -0.495 e. The van der Waals surface area contributed by atoms with E-state index in [2.05, 4.69) is 19.8 Å². The standard InChI is InChI=1S/C30H38N4O4S/c1-4-5-15-30(35)31-25-16-17-27(29(22-25)39(36,37)32-23(2)24-11-7-6-8-12-24)34-20-18-33(19-21-34)26-13-9-10-14-28(26)38-3/h6-14,16-17,22-23,32H,4-5,15,18-21H2,1-3H3,(H,31,35). The van der Waals surface area contributed by atoms with E-state index in [4.69, 9.17) is 4.74 Å². The van der Waals surface area contributed by atoms with Crippen molar-refractivity contribution < 1.29 is 17.9 Å². The number of nitrogens with one attached hydrogen (secondary N) is 2. The summed E-state index contributed by atoms with van der Waals surface area (Å²) in [5.41, 5.74) is 2.99. The summed E-state index contributed by atoms with van der Waals surface area (Å²) in [6.45, 7) is 6.55. The normalized spacial score (nSPS) is 14.6. The summed E-state index contributed by atoms with van der Waals surface area (Å²) in [6.07, 6.45) is 2.09. The van der Waals surface area contributed by atoms with Gasteiger partial charge in [-0.15, -0.1) is 0 Å². The van der Waals surface area contributed by atoms with E-state index in [1.807, 2.05) is 68.4 Å². The molecule has 3 aromatic rings. The van der Waals surface area contributed by atoms with Crippen molar-refractivity contribution in [2.45, 2.75) is 44.0 Å². The Balaban J connectivity index is 1.60. The van der Waals surface area contributed by atoms with E-state index in [-0.39, 0.29) is 10.8 Å². The van der Waals surface area contributed by atoms with E-state index in [0.29, 0.717) is 44.0 Å². The summed E-state index contributed by atoms with van der Waals surface area (Å²) in [6, 6.07) is 22.1. The first-order valence-electron chi connectivity index (χ1n) is 13.5. The Morgan fingerprint density at radius 1 is 0.923 bits per heavy atom. The molecule has 1 saturated heterocycles. The molecule has 1 aliphatic rings. The first kappa shape index (κ1) is 28.4. The second-order valence-electron chi connectivity index (χ2n) is 9.73. The first-order chi connectivity index (χ1) is 18.8. The van der Waals surface area contributed by atoms with Crippen molar-refractivity contribution in [2.24, 2.45) is 0 Å². The highest BCUT2D eigenvalue weighted by Gasteiger charge is 2.28. The molecular formula is C30H38N4O4S. The van der Waals surface area contributed by atoms with Crippen molar-refractivity contribution in [3.8, 4) is 5.75 Å². The van der Waals surface area contributed by atoms with Gasteiger partial charge >= 0.3 is 0 Å². The van der Waals surface area contributed by atoms with Crippen LogP contribution in [0.4, 0.5) is 17.1 Å². The van der Waals surface area contributed by atoms with Crippen LogP contribution in [-0.4, -0.2) is 47.6 Å². The van der Waals surface area contributed by atoms with Gasteiger partial charge in [0.1, 0.15) is 10.6 Å². The molecule has 8 nitrogen and oxygen atoms in total. The van der Waals surface area contributed by atoms with Crippen LogP contribution in [-0.2, 0) is 14.8 Å². The number of carbonyl (C=O) groups is 1. The third-order valence-corrected chi connectivity index (χ3v) is 8.54. The van der Waals surface area contributed by atoms with Gasteiger partial charge in [-0.3, -0.25) is 4.79 Å². The molecule has 2 N–H and O–H groups in total. The van der Waals surface area contributed by atoms with Crippen LogP contribution in [0.2, 0.25) is 0 Å². The van der Waals surface area contributed by atoms with Crippen LogP contribution in [0.1, 0.15) is 44.7 Å². The Morgan fingerprint density at radius 2 is 1.56 bits per heavy atom. The zero-order valence-electron chi connectivity index (χ0n) is 22.9. The number of unbranched alkanes of at least 4 members (excludes halogenated alkanes) is 1. The van der Waals surface area contributed by atoms with Gasteiger partial charge < -0.3 is 19.9 Å². The Morgan fingerprint density at radius 3 is 2.23 bits per heavy atom. The highest BCUT2D eigenvalue weighted by molar-refractivity contribution is 7.89. The highest BCUT2D eigenvalue weighted by Crippen LogP contribution is 2.33. The molecule has 1 heterocycles. The smallest absolute Gasteiger partial charge is 0.243 e. The fraction of sp³-hybridized carbons (Fsp3) is 0.367. The molecule has 39 heavy (non-hydrogen) atoms. The molecule has 1 aliphatic heterocycles. The van der Waals surface area contributed by atoms with E-state index in [0.717, 1.165) is 29.8 Å². The highest BCUT2D eigenvalue weighted by atomic mass is 32.2. The number of nitrogens with zero attached hydrogens (tertiary/aromatic N) is 2. The summed E-state index contributed by atoms with van der Waals surface area (Å²) in [7, 11) is -2.25. The third kappa shape index (κ3) is 7.10. The van der Waals surface area contributed by atoms with Gasteiger partial charge in [-0.25, -0.2) is 13.1 Å². The van der Waals surface area contributed by atoms with Gasteiger partial charge in [0.2, 0.25) is 15.9 Å². The number of methoxy groups -OCH3 is 1. The Kier molecular flexibility index (Phi) is 9.48. The molecule has 0 radical (unpaired) electrons. The maximum atomic E-state index is 13.8. The van der Waals surface area contributed by atoms with Gasteiger partial charge in [-0.1, -0.05) is 55.8 Å². The van der Waals surface area contributed by atoms with E-state index in [1.54, 1.807) is 25.3 Å². The second-order valence-corrected chi connectivity index (χ2v) is 11.4. The summed E-state index contributed by atoms with van der Waals surface area (Å²) in [5, 5.41) is 2.87. The van der Waals surface area contributed by atoms with Crippen LogP contribution >= 0.6 is 0 Å². The lowest BCUT2D eigenvalue weighted by Crippen LogP contribution is -2.47. The second kappa shape index (κ2) is 13.0. The van der Waals surface area contributed by atoms with E-state index in [9.17, 15) is 13.2 Å². The number of carbonyl (C=O) groups excluding carboxylic acids is 1. The molecule has 3 aromatic carbocycles. The number of sulfonamides is 1. The van der Waals surface area contributed by atoms with Crippen LogP contribution in [0.3, 0.4) is 0 Å². The maximum absolute atomic E-state index is 13.8. The SMILES string of the molecule is CCCCC(=O)Nc1ccc(N2CCN(c3ccccc3OC)CC2)c(S(=O)(=O)NC(C)c2ccccc2)c1. The van der Waals surface area contributed by atoms with E-state index >= 15 is 0 Å². The summed E-state index contributed by atoms with van der Waals surface area (Å²) < 4.78 is 35.9. The maximum Gasteiger partial charge on any atom is 0.243 e. The Bertz CT molecular complexity index is 1360. The summed E-state index contributed by atoms with van der Waals surface area (Å²) >= 11 is 0. The fourth-order valence-corrected chi connectivity index (χ4v) is 6.30. The molecular weight excluding hydrogens is 512 g/mol. The molecule has 0 bridgehead atoms. The zero-order chi connectivity index (χ0) is 27.8. The van der Waals surface area contributed by atoms with Gasteiger partial charge in [-0.2, -0.15) is 0 Å². The number of ether oxygens (including phenoxy) is 1. The van der Waals surface area contributed by atoms with Gasteiger partial charge in [0.05, 0.1) is 18.5 Å². The number of hydrogen-bond acceptors (Lipinski definition) is 6. The molecule has 0 aromatic heterocycles. The van der Waals surface area contributed by atoms with E-state index in [1.165, 1.54) is 0 Å². The van der Waals surface area contributed by atoms with E-state index < -0.39 is 16.1 Å². The van der Waals surface area contributed by atoms with Gasteiger partial charge in [0, 0.05) is 44.3 Å². The Hall–Kier alpha value is -3.56. The molecule has 1 fully saturated rings. The summed E-state index contributed by atoms with van der Waals surface area (Å²) in [5.74, 6) is 0.695. The molecule has 1 atom stereocenters. The number of piperazine rings is 1. The molecule has 0 aliphatic carbocycles. The van der Waals surface area contributed by atoms with Crippen molar-refractivity contribution in [1.29, 1.82) is 0 Å². The predicted molar refractivity (Wildman–Crippen MR) is 157 cm³/mol. The van der Waals surface area contributed by atoms with Crippen molar-refractivity contribution >= 4 is 33.0 Å². The fourth-order valence-electron chi connectivity index (χ4n) is 4.81. The van der Waals surface area contributed by atoms with Crippen molar-refractivity contribution in [3.05, 3.63) is 78.4 Å². The van der Waals surface area contributed by atoms with Crippen molar-refractivity contribution in [3.63, 3.8) is 0 Å². The number of benzene rings is 3. The topological polar surface area (TPSA) is 91.0 Å². The lowest BCUT2D eigenvalue weighted by molar-refractivity contribution is -0.116. The van der Waals surface area contributed by atoms with Crippen LogP contribution < -0.4 is 24.6 Å². The van der Waals surface area contributed by atoms with Crippen LogP contribution in [0.5, 0.6) is 5.75 Å². The minimum atomic E-state index is -3.92. The molecule has 9 heteroatoms. The molecule has 0 spiro atoms. The number of para-hydroxylation sites is 2. The molecule has 1 unspecified atom stereocenters. The summed E-state index contributed by atoms with van der Waals surface area (Å²) in [4.78, 5) is 16.9. The van der Waals surface area contributed by atoms with Crippen LogP contribution in [0.15, 0.2) is 77.7 Å². The minimum absolute atomic E-state index is 0.121. The molecule has 208 valence electrons. The number of hydrogen-bond donors (Lipinski definition) is 2. The van der Waals surface area contributed by atoms with Gasteiger partial charge in [-0.05, 0) is 49.2 Å². The largest absolute Gasteiger partial charge is 0.495 e. The molecule has 4 rings (SSSR count). The van der Waals surface area contributed by atoms with Gasteiger partial charge in [0.15, 0.2) is 0 Å². The molecule has 0 saturated carbocycles. The molecule has 1 amide bonds. The first-order valence-corrected chi connectivity index (χ1v) is 14.9.